The van der Waals surface area contributed by atoms with E-state index in [-0.39, 0.29) is 17.3 Å². The summed E-state index contributed by atoms with van der Waals surface area (Å²) < 4.78 is 18.3. The van der Waals surface area contributed by atoms with E-state index in [1.807, 2.05) is 6.07 Å². The molecular formula is C23H31NO8. The zero-order valence-corrected chi connectivity index (χ0v) is 18.0. The van der Waals surface area contributed by atoms with E-state index in [4.69, 9.17) is 14.2 Å². The first-order valence-corrected chi connectivity index (χ1v) is 11.5. The number of aromatic hydroxyl groups is 1. The van der Waals surface area contributed by atoms with Gasteiger partial charge >= 0.3 is 0 Å². The molecule has 3 heterocycles. The van der Waals surface area contributed by atoms with Crippen LogP contribution in [0.2, 0.25) is 0 Å². The topological polar surface area (TPSA) is 132 Å². The summed E-state index contributed by atoms with van der Waals surface area (Å²) in [6, 6.07) is 4.10. The van der Waals surface area contributed by atoms with Crippen LogP contribution in [0.4, 0.5) is 0 Å². The van der Waals surface area contributed by atoms with Crippen molar-refractivity contribution in [3.8, 4) is 11.5 Å². The van der Waals surface area contributed by atoms with E-state index in [9.17, 15) is 25.5 Å². The van der Waals surface area contributed by atoms with Crippen LogP contribution < -0.4 is 4.74 Å². The number of aliphatic hydroxyl groups is 4. The van der Waals surface area contributed by atoms with Crippen LogP contribution in [0.15, 0.2) is 12.1 Å². The minimum Gasteiger partial charge on any atom is -0.504 e. The van der Waals surface area contributed by atoms with Crippen LogP contribution in [0.25, 0.3) is 0 Å². The number of hydrogen-bond acceptors (Lipinski definition) is 9. The Morgan fingerprint density at radius 1 is 1.16 bits per heavy atom. The molecule has 10 atom stereocenters. The van der Waals surface area contributed by atoms with Crippen molar-refractivity contribution in [3.05, 3.63) is 23.3 Å². The molecule has 1 unspecified atom stereocenters. The van der Waals surface area contributed by atoms with Crippen molar-refractivity contribution < 1.29 is 39.7 Å². The Morgan fingerprint density at radius 3 is 2.75 bits per heavy atom. The maximum atomic E-state index is 10.6. The molecule has 2 aliphatic carbocycles. The quantitative estimate of drug-likeness (QED) is 0.404. The van der Waals surface area contributed by atoms with Crippen LogP contribution in [0.1, 0.15) is 30.4 Å². The van der Waals surface area contributed by atoms with Crippen LogP contribution in [0.3, 0.4) is 0 Å². The summed E-state index contributed by atoms with van der Waals surface area (Å²) in [4.78, 5) is 2.43. The maximum absolute atomic E-state index is 10.6. The first-order chi connectivity index (χ1) is 15.4. The fourth-order valence-electron chi connectivity index (χ4n) is 7.18. The zero-order valence-electron chi connectivity index (χ0n) is 18.0. The number of hydrogen-bond donors (Lipinski definition) is 5. The molecule has 2 bridgehead atoms. The first-order valence-electron chi connectivity index (χ1n) is 11.5. The molecule has 5 aliphatic rings. The largest absolute Gasteiger partial charge is 0.504 e. The van der Waals surface area contributed by atoms with Gasteiger partial charge in [0.25, 0.3) is 0 Å². The van der Waals surface area contributed by atoms with Gasteiger partial charge in [0.2, 0.25) is 0 Å². The van der Waals surface area contributed by atoms with Crippen molar-refractivity contribution in [1.82, 2.24) is 4.90 Å². The van der Waals surface area contributed by atoms with Gasteiger partial charge in [-0.05, 0) is 56.8 Å². The smallest absolute Gasteiger partial charge is 0.187 e. The van der Waals surface area contributed by atoms with Gasteiger partial charge < -0.3 is 44.6 Å². The summed E-state index contributed by atoms with van der Waals surface area (Å²) in [7, 11) is 2.17. The highest BCUT2D eigenvalue weighted by Gasteiger charge is 2.66. The summed E-state index contributed by atoms with van der Waals surface area (Å²) >= 11 is 0. The summed E-state index contributed by atoms with van der Waals surface area (Å²) in [6.45, 7) is 0.417. The van der Waals surface area contributed by atoms with Crippen molar-refractivity contribution in [1.29, 1.82) is 0 Å². The molecular weight excluding hydrogens is 418 g/mol. The van der Waals surface area contributed by atoms with Crippen molar-refractivity contribution in [2.24, 2.45) is 5.92 Å². The van der Waals surface area contributed by atoms with E-state index in [2.05, 4.69) is 11.9 Å². The van der Waals surface area contributed by atoms with Crippen molar-refractivity contribution in [2.75, 3.05) is 20.2 Å². The third-order valence-corrected chi connectivity index (χ3v) is 8.70. The second kappa shape index (κ2) is 7.27. The second-order valence-electron chi connectivity index (χ2n) is 10.1. The van der Waals surface area contributed by atoms with E-state index < -0.39 is 43.4 Å². The molecule has 2 saturated heterocycles. The lowest BCUT2D eigenvalue weighted by molar-refractivity contribution is -0.321. The Kier molecular flexibility index (Phi) is 4.79. The molecule has 0 radical (unpaired) electrons. The van der Waals surface area contributed by atoms with Crippen LogP contribution in [0, 0.1) is 5.92 Å². The molecule has 1 saturated carbocycles. The fourth-order valence-corrected chi connectivity index (χ4v) is 7.18. The van der Waals surface area contributed by atoms with Crippen LogP contribution in [-0.4, -0.2) is 99.6 Å². The highest BCUT2D eigenvalue weighted by molar-refractivity contribution is 5.60. The Morgan fingerprint density at radius 2 is 1.97 bits per heavy atom. The minimum absolute atomic E-state index is 0.134. The normalized spacial score (nSPS) is 47.1. The van der Waals surface area contributed by atoms with Crippen LogP contribution in [0.5, 0.6) is 11.5 Å². The van der Waals surface area contributed by atoms with E-state index in [0.717, 1.165) is 31.4 Å². The van der Waals surface area contributed by atoms with Gasteiger partial charge in [-0.2, -0.15) is 0 Å². The van der Waals surface area contributed by atoms with E-state index in [1.165, 1.54) is 5.56 Å². The molecule has 3 fully saturated rings. The van der Waals surface area contributed by atoms with Crippen molar-refractivity contribution >= 4 is 0 Å². The third kappa shape index (κ3) is 2.64. The molecule has 3 aliphatic heterocycles. The van der Waals surface area contributed by atoms with Gasteiger partial charge in [0.1, 0.15) is 30.5 Å². The number of phenolic OH excluding ortho intramolecular Hbond substituents is 1. The monoisotopic (exact) mass is 449 g/mol. The predicted molar refractivity (Wildman–Crippen MR) is 110 cm³/mol. The van der Waals surface area contributed by atoms with Crippen molar-refractivity contribution in [2.45, 2.75) is 80.1 Å². The number of ether oxygens (including phenoxy) is 3. The Balaban J connectivity index is 1.36. The average Bonchev–Trinajstić information content (AvgIpc) is 3.14. The summed E-state index contributed by atoms with van der Waals surface area (Å²) in [6.07, 6.45) is -3.97. The molecule has 9 nitrogen and oxygen atoms in total. The molecule has 1 aromatic carbocycles. The van der Waals surface area contributed by atoms with Gasteiger partial charge in [-0.1, -0.05) is 6.07 Å². The maximum Gasteiger partial charge on any atom is 0.187 e. The first kappa shape index (κ1) is 21.1. The van der Waals surface area contributed by atoms with Gasteiger partial charge in [-0.15, -0.1) is 0 Å². The lowest BCUT2D eigenvalue weighted by atomic mass is 9.51. The molecule has 5 N–H and O–H groups in total. The summed E-state index contributed by atoms with van der Waals surface area (Å²) in [5.74, 6) is 1.05. The zero-order chi connectivity index (χ0) is 22.4. The molecule has 1 aromatic rings. The van der Waals surface area contributed by atoms with Crippen LogP contribution >= 0.6 is 0 Å². The Labute approximate surface area is 186 Å². The number of nitrogens with zero attached hydrogens (tertiary/aromatic N) is 1. The highest BCUT2D eigenvalue weighted by atomic mass is 16.7. The molecule has 9 heteroatoms. The highest BCUT2D eigenvalue weighted by Crippen LogP contribution is 2.64. The number of benzene rings is 1. The SMILES string of the molecule is CN1CCC23c4c5ccc(O)c4O[C@H]2[C@@H](O[C@@H]2O[C@@H](CO)[C@@H](O)[C@H](O)[C@@H]2O)CC[C@H]3[C@H]1C5. The standard InChI is InChI=1S/C23H31NO8/c1-24-7-6-23-11-3-5-14(30-22-19(29)18(28)17(27)15(9-25)31-22)21(23)32-20-13(26)4-2-10(16(20)23)8-12(11)24/h2,4,11-12,14-15,17-19,21-22,25-29H,3,5-9H2,1H3/t11-,12+,14-,15-,17+,18-,19-,21-,22+,23?/m0/s1. The second-order valence-corrected chi connectivity index (χ2v) is 10.1. The average molecular weight is 450 g/mol. The lowest BCUT2D eigenvalue weighted by Crippen LogP contribution is -2.67. The van der Waals surface area contributed by atoms with E-state index >= 15 is 0 Å². The number of likely N-dealkylation sites (N-methyl/N-ethyl adjacent to an activating group) is 1. The van der Waals surface area contributed by atoms with Crippen molar-refractivity contribution in [3.63, 3.8) is 0 Å². The predicted octanol–water partition coefficient (Wildman–Crippen LogP) is -0.754. The van der Waals surface area contributed by atoms with E-state index in [0.29, 0.717) is 24.1 Å². The molecule has 6 rings (SSSR count). The fraction of sp³-hybridized carbons (Fsp3) is 0.739. The summed E-state index contributed by atoms with van der Waals surface area (Å²) in [5, 5.41) is 50.9. The van der Waals surface area contributed by atoms with Gasteiger partial charge in [-0.3, -0.25) is 0 Å². The van der Waals surface area contributed by atoms with Crippen LogP contribution in [-0.2, 0) is 21.3 Å². The number of rotatable bonds is 3. The van der Waals surface area contributed by atoms with Gasteiger partial charge in [-0.25, -0.2) is 0 Å². The molecule has 1 spiro atoms. The molecule has 176 valence electrons. The summed E-state index contributed by atoms with van der Waals surface area (Å²) in [5.41, 5.74) is 2.04. The number of likely N-dealkylation sites (tertiary alicyclic amines) is 1. The number of aliphatic hydroxyl groups excluding tert-OH is 4. The lowest BCUT2D eigenvalue weighted by Gasteiger charge is -2.59. The van der Waals surface area contributed by atoms with Gasteiger partial charge in [0.05, 0.1) is 12.7 Å². The minimum atomic E-state index is -1.49. The Hall–Kier alpha value is -1.46. The number of piperidine rings is 1. The third-order valence-electron chi connectivity index (χ3n) is 8.70. The van der Waals surface area contributed by atoms with Gasteiger partial charge in [0, 0.05) is 17.0 Å². The van der Waals surface area contributed by atoms with Gasteiger partial charge in [0.15, 0.2) is 17.8 Å². The Bertz CT molecular complexity index is 910. The van der Waals surface area contributed by atoms with E-state index in [1.54, 1.807) is 6.07 Å². The molecule has 32 heavy (non-hydrogen) atoms. The molecule has 0 amide bonds. The number of phenols is 1. The molecule has 0 aromatic heterocycles.